The smallest absolute Gasteiger partial charge is 0.115 e. The molecule has 1 heterocycles. The van der Waals surface area contributed by atoms with Crippen LogP contribution in [0, 0.1) is 15.3 Å². The molecule has 4 nitrogen and oxygen atoms in total. The Morgan fingerprint density at radius 1 is 0.735 bits per heavy atom. The normalized spacial score (nSPS) is 19.6. The van der Waals surface area contributed by atoms with E-state index < -0.39 is 12.3 Å². The van der Waals surface area contributed by atoms with Crippen molar-refractivity contribution in [2.24, 2.45) is 0 Å². The number of rotatable bonds is 4. The zero-order valence-electron chi connectivity index (χ0n) is 19.1. The average molecular weight is 512 g/mol. The first kappa shape index (κ1) is 25.1. The molecule has 34 heavy (non-hydrogen) atoms. The zero-order chi connectivity index (χ0) is 23.9. The second-order valence-electron chi connectivity index (χ2n) is 8.66. The lowest BCUT2D eigenvalue weighted by Crippen LogP contribution is -2.44. The van der Waals surface area contributed by atoms with Crippen LogP contribution in [0.25, 0.3) is 0 Å². The first-order valence-electron chi connectivity index (χ1n) is 11.7. The second-order valence-corrected chi connectivity index (χ2v) is 15.6. The van der Waals surface area contributed by atoms with Crippen LogP contribution in [-0.4, -0.2) is 26.3 Å². The summed E-state index contributed by atoms with van der Waals surface area (Å²) in [6.45, 7) is 0. The van der Waals surface area contributed by atoms with Crippen LogP contribution in [-0.2, 0) is 0 Å². The third-order valence-electron chi connectivity index (χ3n) is 6.70. The van der Waals surface area contributed by atoms with Crippen molar-refractivity contribution in [3.05, 3.63) is 106 Å². The number of nitrogens with zero attached hydrogens (tertiary/aromatic N) is 1. The van der Waals surface area contributed by atoms with Crippen LogP contribution in [0.2, 0.25) is 0 Å². The van der Waals surface area contributed by atoms with Crippen LogP contribution < -0.4 is 15.9 Å². The minimum absolute atomic E-state index is 0.435. The van der Waals surface area contributed by atoms with E-state index in [1.165, 1.54) is 43.6 Å². The van der Waals surface area contributed by atoms with Crippen LogP contribution in [0.15, 0.2) is 91.0 Å². The highest BCUT2D eigenvalue weighted by Crippen LogP contribution is 2.67. The molecule has 2 aliphatic rings. The number of hydrogen-bond donors (Lipinski definition) is 0. The molecule has 1 aliphatic carbocycles. The van der Waals surface area contributed by atoms with E-state index in [-0.39, 0.29) is 0 Å². The van der Waals surface area contributed by atoms with Gasteiger partial charge < -0.3 is 15.3 Å². The quantitative estimate of drug-likeness (QED) is 0.235. The highest BCUT2D eigenvalue weighted by molar-refractivity contribution is 8.18. The lowest BCUT2D eigenvalue weighted by Gasteiger charge is -2.45. The van der Waals surface area contributed by atoms with Crippen LogP contribution in [0.4, 0.5) is 0 Å². The van der Waals surface area contributed by atoms with Crippen molar-refractivity contribution in [3.8, 4) is 0 Å². The Hall–Kier alpha value is -2.01. The van der Waals surface area contributed by atoms with Gasteiger partial charge in [0.05, 0.1) is 14.8 Å². The van der Waals surface area contributed by atoms with Crippen molar-refractivity contribution >= 4 is 46.7 Å². The van der Waals surface area contributed by atoms with E-state index in [0.717, 1.165) is 0 Å². The molecule has 1 unspecified atom stereocenters. The molecule has 1 aliphatic heterocycles. The van der Waals surface area contributed by atoms with Gasteiger partial charge in [-0.25, -0.2) is 0 Å². The molecule has 1 saturated carbocycles. The Morgan fingerprint density at radius 3 is 1.56 bits per heavy atom. The predicted octanol–water partition coefficient (Wildman–Crippen LogP) is 6.25. The van der Waals surface area contributed by atoms with Gasteiger partial charge in [-0.3, -0.25) is 0 Å². The summed E-state index contributed by atoms with van der Waals surface area (Å²) in [5, 5.41) is 19.4. The van der Waals surface area contributed by atoms with Crippen LogP contribution in [0.5, 0.6) is 0 Å². The summed E-state index contributed by atoms with van der Waals surface area (Å²) < 4.78 is 0.435. The minimum Gasteiger partial charge on any atom is -0.356 e. The monoisotopic (exact) mass is 511 g/mol. The Kier molecular flexibility index (Phi) is 8.57. The van der Waals surface area contributed by atoms with Gasteiger partial charge in [0, 0.05) is 6.42 Å². The SMILES string of the molecule is O=[N+]([O-])[O-].c1ccc([P+](c2ccccc2)(c2ccccc2)C2CCCC3(C2)SCCCS3)cc1. The molecule has 5 rings (SSSR count). The molecule has 1 spiro atoms. The highest BCUT2D eigenvalue weighted by Gasteiger charge is 2.56. The van der Waals surface area contributed by atoms with Gasteiger partial charge in [0.1, 0.15) is 23.2 Å². The lowest BCUT2D eigenvalue weighted by atomic mass is 9.99. The molecule has 0 bridgehead atoms. The van der Waals surface area contributed by atoms with Crippen molar-refractivity contribution in [2.45, 2.75) is 41.8 Å². The van der Waals surface area contributed by atoms with E-state index in [1.54, 1.807) is 15.9 Å². The molecule has 0 amide bonds. The van der Waals surface area contributed by atoms with Crippen LogP contribution in [0.3, 0.4) is 0 Å². The van der Waals surface area contributed by atoms with E-state index in [4.69, 9.17) is 15.3 Å². The number of benzene rings is 3. The third kappa shape index (κ3) is 5.45. The van der Waals surface area contributed by atoms with Crippen molar-refractivity contribution < 1.29 is 5.09 Å². The van der Waals surface area contributed by atoms with Gasteiger partial charge in [-0.1, -0.05) is 54.6 Å². The van der Waals surface area contributed by atoms with Gasteiger partial charge in [0.15, 0.2) is 0 Å². The Labute approximate surface area is 211 Å². The van der Waals surface area contributed by atoms with Gasteiger partial charge in [0.2, 0.25) is 0 Å². The fourth-order valence-electron chi connectivity index (χ4n) is 5.45. The summed E-state index contributed by atoms with van der Waals surface area (Å²) >= 11 is 4.55. The van der Waals surface area contributed by atoms with Crippen molar-refractivity contribution in [1.29, 1.82) is 0 Å². The maximum Gasteiger partial charge on any atom is 0.115 e. The second kappa shape index (κ2) is 11.6. The fraction of sp³-hybridized carbons (Fsp3) is 0.333. The summed E-state index contributed by atoms with van der Waals surface area (Å²) in [6, 6.07) is 34.5. The molecule has 1 saturated heterocycles. The predicted molar refractivity (Wildman–Crippen MR) is 150 cm³/mol. The van der Waals surface area contributed by atoms with E-state index in [9.17, 15) is 0 Å². The van der Waals surface area contributed by atoms with E-state index in [2.05, 4.69) is 115 Å². The van der Waals surface area contributed by atoms with Crippen molar-refractivity contribution in [3.63, 3.8) is 0 Å². The summed E-state index contributed by atoms with van der Waals surface area (Å²) in [7, 11) is -1.75. The molecule has 3 aromatic carbocycles. The summed E-state index contributed by atoms with van der Waals surface area (Å²) in [4.78, 5) is 8.25. The third-order valence-corrected chi connectivity index (χ3v) is 15.1. The molecule has 3 aromatic rings. The molecule has 7 heteroatoms. The van der Waals surface area contributed by atoms with Gasteiger partial charge >= 0.3 is 0 Å². The minimum atomic E-state index is -1.75. The first-order chi connectivity index (χ1) is 16.6. The van der Waals surface area contributed by atoms with Crippen molar-refractivity contribution in [1.82, 2.24) is 0 Å². The fourth-order valence-corrected chi connectivity index (χ4v) is 14.5. The lowest BCUT2D eigenvalue weighted by molar-refractivity contribution is -0.402. The van der Waals surface area contributed by atoms with E-state index in [0.29, 0.717) is 9.74 Å². The van der Waals surface area contributed by atoms with Crippen LogP contribution in [0.1, 0.15) is 32.1 Å². The van der Waals surface area contributed by atoms with Gasteiger partial charge in [-0.2, -0.15) is 0 Å². The summed E-state index contributed by atoms with van der Waals surface area (Å²) in [5.74, 6) is 2.68. The topological polar surface area (TPSA) is 66.2 Å². The largest absolute Gasteiger partial charge is 0.356 e. The van der Waals surface area contributed by atoms with Crippen molar-refractivity contribution in [2.75, 3.05) is 11.5 Å². The number of hydrogen-bond acceptors (Lipinski definition) is 5. The molecular formula is C27H30NO3PS2. The standard InChI is InChI=1S/C27H30PS2.NO3/c1-4-12-23(13-5-1)28(24-14-6-2-7-15-24,25-16-8-3-9-17-25)26-18-10-19-27(22-26)29-20-11-21-30-27;2-1(3)4/h1-9,12-17,26H,10-11,18-22H2;/q+1;-1. The van der Waals surface area contributed by atoms with E-state index >= 15 is 0 Å². The first-order valence-corrected chi connectivity index (χ1v) is 15.5. The molecule has 0 N–H and O–H groups in total. The zero-order valence-corrected chi connectivity index (χ0v) is 21.7. The number of thioether (sulfide) groups is 2. The molecule has 2 fully saturated rings. The molecule has 178 valence electrons. The van der Waals surface area contributed by atoms with E-state index in [1.807, 2.05) is 0 Å². The molecular weight excluding hydrogens is 481 g/mol. The van der Waals surface area contributed by atoms with Gasteiger partial charge in [-0.15, -0.1) is 23.5 Å². The summed E-state index contributed by atoms with van der Waals surface area (Å²) in [5.41, 5.74) is 0.705. The van der Waals surface area contributed by atoms with Crippen LogP contribution >= 0.6 is 30.8 Å². The summed E-state index contributed by atoms with van der Waals surface area (Å²) in [6.07, 6.45) is 6.80. The van der Waals surface area contributed by atoms with Gasteiger partial charge in [0.25, 0.3) is 0 Å². The maximum absolute atomic E-state index is 8.25. The Morgan fingerprint density at radius 2 is 1.15 bits per heavy atom. The van der Waals surface area contributed by atoms with Gasteiger partial charge in [-0.05, 0) is 73.6 Å². The maximum atomic E-state index is 8.25. The Balaban J connectivity index is 0.000000636. The highest BCUT2D eigenvalue weighted by atomic mass is 32.2. The molecule has 0 radical (unpaired) electrons. The average Bonchev–Trinajstić information content (AvgIpc) is 2.87. The molecule has 0 aromatic heterocycles. The molecule has 1 atom stereocenters. The Bertz CT molecular complexity index is 941.